The van der Waals surface area contributed by atoms with E-state index in [4.69, 9.17) is 5.11 Å². The molecular formula is C10H14N2O4S. The third-order valence-electron chi connectivity index (χ3n) is 1.94. The molecule has 17 heavy (non-hydrogen) atoms. The second kappa shape index (κ2) is 5.13. The van der Waals surface area contributed by atoms with Gasteiger partial charge in [-0.15, -0.1) is 0 Å². The molecule has 0 aliphatic rings. The highest BCUT2D eigenvalue weighted by Gasteiger charge is 2.13. The summed E-state index contributed by atoms with van der Waals surface area (Å²) in [4.78, 5) is 14.3. The molecule has 1 aromatic rings. The molecule has 6 nitrogen and oxygen atoms in total. The standard InChI is InChI=1S/C10H14N2O4S/c1-7-5-8(2)11-9(6-7)12-17(15,16)4-3-10(13)14/h5-6H,3-4H2,1-2H3,(H,11,12)(H,13,14). The maximum absolute atomic E-state index is 11.5. The lowest BCUT2D eigenvalue weighted by molar-refractivity contribution is -0.136. The zero-order valence-corrected chi connectivity index (χ0v) is 10.4. The molecule has 0 aliphatic carbocycles. The quantitative estimate of drug-likeness (QED) is 0.818. The molecule has 0 bridgehead atoms. The van der Waals surface area contributed by atoms with Crippen LogP contribution in [0.2, 0.25) is 0 Å². The molecule has 1 rings (SSSR count). The number of anilines is 1. The predicted octanol–water partition coefficient (Wildman–Crippen LogP) is 0.915. The third kappa shape index (κ3) is 4.81. The molecule has 0 radical (unpaired) electrons. The Kier molecular flexibility index (Phi) is 4.06. The van der Waals surface area contributed by atoms with Crippen molar-refractivity contribution in [2.24, 2.45) is 0 Å². The van der Waals surface area contributed by atoms with Gasteiger partial charge < -0.3 is 5.11 Å². The lowest BCUT2D eigenvalue weighted by atomic mass is 10.2. The molecule has 1 aromatic heterocycles. The fourth-order valence-electron chi connectivity index (χ4n) is 1.33. The van der Waals surface area contributed by atoms with Gasteiger partial charge in [-0.2, -0.15) is 0 Å². The number of sulfonamides is 1. The topological polar surface area (TPSA) is 96.4 Å². The summed E-state index contributed by atoms with van der Waals surface area (Å²) in [5.74, 6) is -1.39. The molecule has 0 spiro atoms. The Labute approximate surface area is 99.7 Å². The third-order valence-corrected chi connectivity index (χ3v) is 3.20. The van der Waals surface area contributed by atoms with Crippen LogP contribution in [0.3, 0.4) is 0 Å². The number of aryl methyl sites for hydroxylation is 2. The van der Waals surface area contributed by atoms with Crippen molar-refractivity contribution in [2.45, 2.75) is 20.3 Å². The van der Waals surface area contributed by atoms with Crippen molar-refractivity contribution in [3.05, 3.63) is 23.4 Å². The number of carboxylic acids is 1. The zero-order valence-electron chi connectivity index (χ0n) is 9.60. The fourth-order valence-corrected chi connectivity index (χ4v) is 2.29. The number of aromatic nitrogens is 1. The highest BCUT2D eigenvalue weighted by molar-refractivity contribution is 7.92. The molecule has 1 heterocycles. The van der Waals surface area contributed by atoms with Gasteiger partial charge in [0.15, 0.2) is 0 Å². The van der Waals surface area contributed by atoms with Gasteiger partial charge in [-0.1, -0.05) is 0 Å². The predicted molar refractivity (Wildman–Crippen MR) is 63.4 cm³/mol. The zero-order chi connectivity index (χ0) is 13.1. The van der Waals surface area contributed by atoms with Crippen LogP contribution in [-0.2, 0) is 14.8 Å². The van der Waals surface area contributed by atoms with Gasteiger partial charge in [0, 0.05) is 5.69 Å². The van der Waals surface area contributed by atoms with Crippen molar-refractivity contribution in [3.63, 3.8) is 0 Å². The van der Waals surface area contributed by atoms with Crippen molar-refractivity contribution in [3.8, 4) is 0 Å². The van der Waals surface area contributed by atoms with Crippen LogP contribution in [0.15, 0.2) is 12.1 Å². The normalized spacial score (nSPS) is 11.2. The highest BCUT2D eigenvalue weighted by Crippen LogP contribution is 2.11. The summed E-state index contributed by atoms with van der Waals surface area (Å²) in [6, 6.07) is 3.40. The first kappa shape index (κ1) is 13.4. The monoisotopic (exact) mass is 258 g/mol. The van der Waals surface area contributed by atoms with E-state index in [9.17, 15) is 13.2 Å². The Morgan fingerprint density at radius 1 is 1.41 bits per heavy atom. The summed E-state index contributed by atoms with van der Waals surface area (Å²) < 4.78 is 25.3. The van der Waals surface area contributed by atoms with E-state index >= 15 is 0 Å². The Balaban J connectivity index is 2.79. The molecule has 7 heteroatoms. The van der Waals surface area contributed by atoms with Crippen molar-refractivity contribution in [1.29, 1.82) is 0 Å². The first-order valence-electron chi connectivity index (χ1n) is 4.96. The first-order chi connectivity index (χ1) is 7.78. The summed E-state index contributed by atoms with van der Waals surface area (Å²) in [6.07, 6.45) is -0.430. The smallest absolute Gasteiger partial charge is 0.304 e. The number of hydrogen-bond acceptors (Lipinski definition) is 4. The fraction of sp³-hybridized carbons (Fsp3) is 0.400. The molecule has 94 valence electrons. The van der Waals surface area contributed by atoms with Crippen LogP contribution >= 0.6 is 0 Å². The van der Waals surface area contributed by atoms with E-state index in [0.29, 0.717) is 5.69 Å². The summed E-state index contributed by atoms with van der Waals surface area (Å²) in [5.41, 5.74) is 1.58. The summed E-state index contributed by atoms with van der Waals surface area (Å²) in [6.45, 7) is 3.58. The maximum Gasteiger partial charge on any atom is 0.304 e. The number of pyridine rings is 1. The minimum atomic E-state index is -3.66. The minimum Gasteiger partial charge on any atom is -0.481 e. The van der Waals surface area contributed by atoms with Gasteiger partial charge in [-0.25, -0.2) is 13.4 Å². The van der Waals surface area contributed by atoms with Crippen LogP contribution in [0.1, 0.15) is 17.7 Å². The van der Waals surface area contributed by atoms with Crippen LogP contribution in [0.4, 0.5) is 5.82 Å². The SMILES string of the molecule is Cc1cc(C)nc(NS(=O)(=O)CCC(=O)O)c1. The summed E-state index contributed by atoms with van der Waals surface area (Å²) >= 11 is 0. The van der Waals surface area contributed by atoms with Crippen LogP contribution in [-0.4, -0.2) is 30.2 Å². The average molecular weight is 258 g/mol. The van der Waals surface area contributed by atoms with E-state index in [1.165, 1.54) is 0 Å². The van der Waals surface area contributed by atoms with Crippen molar-refractivity contribution < 1.29 is 18.3 Å². The van der Waals surface area contributed by atoms with E-state index < -0.39 is 28.2 Å². The molecule has 0 amide bonds. The number of carbonyl (C=O) groups is 1. The Hall–Kier alpha value is -1.63. The van der Waals surface area contributed by atoms with Crippen molar-refractivity contribution >= 4 is 21.8 Å². The molecule has 0 atom stereocenters. The van der Waals surface area contributed by atoms with Gasteiger partial charge in [0.05, 0.1) is 12.2 Å². The van der Waals surface area contributed by atoms with Gasteiger partial charge in [-0.05, 0) is 31.5 Å². The van der Waals surface area contributed by atoms with Gasteiger partial charge in [-0.3, -0.25) is 9.52 Å². The lowest BCUT2D eigenvalue weighted by Gasteiger charge is -2.07. The van der Waals surface area contributed by atoms with Gasteiger partial charge in [0.25, 0.3) is 0 Å². The number of nitrogens with zero attached hydrogens (tertiary/aromatic N) is 1. The van der Waals surface area contributed by atoms with Crippen LogP contribution in [0, 0.1) is 13.8 Å². The number of hydrogen-bond donors (Lipinski definition) is 2. The second-order valence-electron chi connectivity index (χ2n) is 3.74. The molecule has 2 N–H and O–H groups in total. The van der Waals surface area contributed by atoms with Crippen LogP contribution in [0.25, 0.3) is 0 Å². The molecule has 0 aliphatic heterocycles. The Morgan fingerprint density at radius 3 is 2.59 bits per heavy atom. The maximum atomic E-state index is 11.5. The van der Waals surface area contributed by atoms with E-state index in [0.717, 1.165) is 5.56 Å². The molecule has 0 saturated carbocycles. The van der Waals surface area contributed by atoms with E-state index in [2.05, 4.69) is 9.71 Å². The Morgan fingerprint density at radius 2 is 2.06 bits per heavy atom. The van der Waals surface area contributed by atoms with Crippen LogP contribution < -0.4 is 4.72 Å². The minimum absolute atomic E-state index is 0.216. The van der Waals surface area contributed by atoms with Crippen molar-refractivity contribution in [2.75, 3.05) is 10.5 Å². The van der Waals surface area contributed by atoms with E-state index in [1.807, 2.05) is 13.0 Å². The first-order valence-corrected chi connectivity index (χ1v) is 6.61. The van der Waals surface area contributed by atoms with E-state index in [1.54, 1.807) is 13.0 Å². The highest BCUT2D eigenvalue weighted by atomic mass is 32.2. The summed E-state index contributed by atoms with van der Waals surface area (Å²) in [5, 5.41) is 8.42. The number of rotatable bonds is 5. The molecule has 0 saturated heterocycles. The molecule has 0 unspecified atom stereocenters. The number of aliphatic carboxylic acids is 1. The average Bonchev–Trinajstić information content (AvgIpc) is 2.12. The van der Waals surface area contributed by atoms with Gasteiger partial charge in [0.1, 0.15) is 5.82 Å². The number of nitrogens with one attached hydrogen (secondary N) is 1. The molecular weight excluding hydrogens is 244 g/mol. The number of carboxylic acid groups (broad SMARTS) is 1. The molecule has 0 aromatic carbocycles. The van der Waals surface area contributed by atoms with Crippen molar-refractivity contribution in [1.82, 2.24) is 4.98 Å². The molecule has 0 fully saturated rings. The second-order valence-corrected chi connectivity index (χ2v) is 5.58. The largest absolute Gasteiger partial charge is 0.481 e. The van der Waals surface area contributed by atoms with E-state index in [-0.39, 0.29) is 5.82 Å². The van der Waals surface area contributed by atoms with Crippen LogP contribution in [0.5, 0.6) is 0 Å². The lowest BCUT2D eigenvalue weighted by Crippen LogP contribution is -2.19. The summed E-state index contributed by atoms with van der Waals surface area (Å²) in [7, 11) is -3.66. The Bertz CT molecular complexity index is 505. The van der Waals surface area contributed by atoms with Gasteiger partial charge in [0.2, 0.25) is 10.0 Å². The van der Waals surface area contributed by atoms with Gasteiger partial charge >= 0.3 is 5.97 Å².